The van der Waals surface area contributed by atoms with E-state index in [-0.39, 0.29) is 5.82 Å². The van der Waals surface area contributed by atoms with Crippen LogP contribution in [0, 0.1) is 5.82 Å². The summed E-state index contributed by atoms with van der Waals surface area (Å²) in [6, 6.07) is 8.38. The van der Waals surface area contributed by atoms with E-state index in [1.54, 1.807) is 24.3 Å². The minimum absolute atomic E-state index is 0.310. The lowest BCUT2D eigenvalue weighted by Gasteiger charge is -2.05. The number of carboxylic acids is 1. The molecule has 0 saturated carbocycles. The molecule has 1 unspecified atom stereocenters. The summed E-state index contributed by atoms with van der Waals surface area (Å²) < 4.78 is 20.6. The van der Waals surface area contributed by atoms with Crippen LogP contribution in [0.3, 0.4) is 0 Å². The van der Waals surface area contributed by atoms with Gasteiger partial charge < -0.3 is 9.52 Å². The number of fused-ring (bicyclic) bond motifs is 1. The number of rotatable bonds is 4. The second kappa shape index (κ2) is 6.25. The van der Waals surface area contributed by atoms with Crippen molar-refractivity contribution in [1.82, 2.24) is 4.98 Å². The van der Waals surface area contributed by atoms with Crippen LogP contribution < -0.4 is 0 Å². The van der Waals surface area contributed by atoms with E-state index in [4.69, 9.17) is 16.0 Å². The largest absolute Gasteiger partial charge is 0.480 e. The zero-order chi connectivity index (χ0) is 17.6. The van der Waals surface area contributed by atoms with Gasteiger partial charge in [-0.1, -0.05) is 11.6 Å². The van der Waals surface area contributed by atoms with Gasteiger partial charge in [0, 0.05) is 20.0 Å². The van der Waals surface area contributed by atoms with Gasteiger partial charge in [-0.15, -0.1) is 22.7 Å². The average Bonchev–Trinajstić information content (AvgIpc) is 3.27. The number of thiophene rings is 2. The average molecular weight is 394 g/mol. The molecule has 1 atom stereocenters. The number of oxazole rings is 1. The Bertz CT molecular complexity index is 1070. The van der Waals surface area contributed by atoms with Crippen molar-refractivity contribution in [3.05, 3.63) is 63.7 Å². The molecule has 25 heavy (non-hydrogen) atoms. The summed E-state index contributed by atoms with van der Waals surface area (Å²) in [6.45, 7) is 0. The van der Waals surface area contributed by atoms with E-state index in [0.29, 0.717) is 25.2 Å². The fourth-order valence-electron chi connectivity index (χ4n) is 2.63. The van der Waals surface area contributed by atoms with Crippen molar-refractivity contribution in [1.29, 1.82) is 0 Å². The molecule has 0 saturated heterocycles. The van der Waals surface area contributed by atoms with E-state index in [1.807, 2.05) is 0 Å². The zero-order valence-corrected chi connectivity index (χ0v) is 14.8. The smallest absolute Gasteiger partial charge is 0.318 e. The fourth-order valence-corrected chi connectivity index (χ4v) is 4.87. The number of carbonyl (C=O) groups is 1. The molecular formula is C17H9ClFNO3S2. The van der Waals surface area contributed by atoms with Crippen molar-refractivity contribution >= 4 is 50.3 Å². The van der Waals surface area contributed by atoms with Gasteiger partial charge in [0.1, 0.15) is 18.0 Å². The van der Waals surface area contributed by atoms with Crippen molar-refractivity contribution < 1.29 is 18.7 Å². The molecule has 1 N–H and O–H groups in total. The Morgan fingerprint density at radius 1 is 1.28 bits per heavy atom. The Hall–Kier alpha value is -2.22. The highest BCUT2D eigenvalue weighted by atomic mass is 35.5. The van der Waals surface area contributed by atoms with E-state index in [2.05, 4.69) is 4.98 Å². The summed E-state index contributed by atoms with van der Waals surface area (Å²) in [5.74, 6) is -2.35. The van der Waals surface area contributed by atoms with Crippen LogP contribution in [0.2, 0.25) is 4.34 Å². The topological polar surface area (TPSA) is 63.3 Å². The van der Waals surface area contributed by atoms with Gasteiger partial charge in [-0.25, -0.2) is 9.37 Å². The highest BCUT2D eigenvalue weighted by Gasteiger charge is 2.27. The van der Waals surface area contributed by atoms with Crippen LogP contribution in [0.15, 0.2) is 47.4 Å². The number of benzene rings is 1. The molecule has 126 valence electrons. The van der Waals surface area contributed by atoms with Gasteiger partial charge in [-0.05, 0) is 35.7 Å². The monoisotopic (exact) mass is 393 g/mol. The first-order valence-electron chi connectivity index (χ1n) is 7.12. The van der Waals surface area contributed by atoms with E-state index in [0.717, 1.165) is 10.3 Å². The normalized spacial score (nSPS) is 12.6. The molecule has 0 fully saturated rings. The lowest BCUT2D eigenvalue weighted by Crippen LogP contribution is -2.11. The lowest BCUT2D eigenvalue weighted by atomic mass is 10.0. The summed E-state index contributed by atoms with van der Waals surface area (Å²) >= 11 is 8.46. The van der Waals surface area contributed by atoms with Crippen LogP contribution in [0.4, 0.5) is 4.39 Å². The molecule has 4 nitrogen and oxygen atoms in total. The number of carboxylic acid groups (broad SMARTS) is 1. The van der Waals surface area contributed by atoms with Gasteiger partial charge in [0.15, 0.2) is 6.39 Å². The summed E-state index contributed by atoms with van der Waals surface area (Å²) in [6.07, 6.45) is 2.50. The molecule has 0 aliphatic rings. The summed E-state index contributed by atoms with van der Waals surface area (Å²) in [4.78, 5) is 16.9. The Morgan fingerprint density at radius 2 is 2.12 bits per heavy atom. The van der Waals surface area contributed by atoms with Crippen molar-refractivity contribution in [2.75, 3.05) is 0 Å². The third-order valence-electron chi connectivity index (χ3n) is 3.74. The van der Waals surface area contributed by atoms with Crippen LogP contribution in [0.1, 0.15) is 16.5 Å². The summed E-state index contributed by atoms with van der Waals surface area (Å²) in [5.41, 5.74) is 0.756. The van der Waals surface area contributed by atoms with Gasteiger partial charge in [0.2, 0.25) is 0 Å². The summed E-state index contributed by atoms with van der Waals surface area (Å²) in [5, 5.41) is 10.3. The van der Waals surface area contributed by atoms with Crippen LogP contribution in [-0.2, 0) is 4.79 Å². The standard InChI is InChI=1S/C17H9ClFNO3S2/c18-15-2-1-12(25-15)9-3-8-4-14(24-13(8)5-10(9)19)16(17(21)22)11-6-23-7-20-11/h1-7,16H,(H,21,22). The molecule has 8 heteroatoms. The molecule has 0 aliphatic heterocycles. The minimum atomic E-state index is -1.04. The minimum Gasteiger partial charge on any atom is -0.480 e. The van der Waals surface area contributed by atoms with E-state index >= 15 is 0 Å². The predicted octanol–water partition coefficient (Wildman–Crippen LogP) is 5.63. The SMILES string of the molecule is O=C(O)C(c1cocn1)c1cc2cc(-c3ccc(Cl)s3)c(F)cc2s1. The number of hydrogen-bond donors (Lipinski definition) is 1. The molecule has 0 aliphatic carbocycles. The predicted molar refractivity (Wildman–Crippen MR) is 96.1 cm³/mol. The molecule has 0 spiro atoms. The second-order valence-electron chi connectivity index (χ2n) is 5.31. The van der Waals surface area contributed by atoms with Crippen molar-refractivity contribution in [3.63, 3.8) is 0 Å². The fraction of sp³-hybridized carbons (Fsp3) is 0.0588. The molecule has 0 amide bonds. The highest BCUT2D eigenvalue weighted by Crippen LogP contribution is 2.39. The molecule has 3 aromatic heterocycles. The van der Waals surface area contributed by atoms with Crippen molar-refractivity contribution in [2.45, 2.75) is 5.92 Å². The maximum atomic E-state index is 14.5. The number of nitrogens with zero attached hydrogens (tertiary/aromatic N) is 1. The van der Waals surface area contributed by atoms with E-state index in [1.165, 1.54) is 41.4 Å². The van der Waals surface area contributed by atoms with E-state index < -0.39 is 11.9 Å². The van der Waals surface area contributed by atoms with Crippen molar-refractivity contribution in [2.24, 2.45) is 0 Å². The quantitative estimate of drug-likeness (QED) is 0.488. The molecule has 3 heterocycles. The Balaban J connectivity index is 1.84. The Kier molecular flexibility index (Phi) is 4.07. The van der Waals surface area contributed by atoms with Crippen LogP contribution in [0.25, 0.3) is 20.5 Å². The molecular weight excluding hydrogens is 385 g/mol. The van der Waals surface area contributed by atoms with Gasteiger partial charge in [0.25, 0.3) is 0 Å². The molecule has 1 aromatic carbocycles. The highest BCUT2D eigenvalue weighted by molar-refractivity contribution is 7.20. The number of aliphatic carboxylic acids is 1. The Morgan fingerprint density at radius 3 is 2.76 bits per heavy atom. The zero-order valence-electron chi connectivity index (χ0n) is 12.4. The third-order valence-corrected chi connectivity index (χ3v) is 6.17. The van der Waals surface area contributed by atoms with Gasteiger partial charge in [-0.3, -0.25) is 4.79 Å². The van der Waals surface area contributed by atoms with Crippen LogP contribution in [0.5, 0.6) is 0 Å². The second-order valence-corrected chi connectivity index (χ2v) is 8.14. The Labute approximate surface area is 154 Å². The maximum absolute atomic E-state index is 14.5. The third kappa shape index (κ3) is 2.95. The first-order valence-corrected chi connectivity index (χ1v) is 9.13. The van der Waals surface area contributed by atoms with Gasteiger partial charge in [0.05, 0.1) is 10.0 Å². The van der Waals surface area contributed by atoms with Crippen LogP contribution >= 0.6 is 34.3 Å². The molecule has 4 rings (SSSR count). The van der Waals surface area contributed by atoms with Crippen LogP contribution in [-0.4, -0.2) is 16.1 Å². The number of hydrogen-bond acceptors (Lipinski definition) is 5. The first kappa shape index (κ1) is 16.3. The lowest BCUT2D eigenvalue weighted by molar-refractivity contribution is -0.137. The summed E-state index contributed by atoms with van der Waals surface area (Å²) in [7, 11) is 0. The molecule has 0 radical (unpaired) electrons. The van der Waals surface area contributed by atoms with Gasteiger partial charge in [-0.2, -0.15) is 0 Å². The molecule has 0 bridgehead atoms. The maximum Gasteiger partial charge on any atom is 0.318 e. The van der Waals surface area contributed by atoms with Gasteiger partial charge >= 0.3 is 5.97 Å². The number of halogens is 2. The first-order chi connectivity index (χ1) is 12.0. The molecule has 4 aromatic rings. The van der Waals surface area contributed by atoms with E-state index in [9.17, 15) is 14.3 Å². The number of aromatic nitrogens is 1. The van der Waals surface area contributed by atoms with Crippen molar-refractivity contribution in [3.8, 4) is 10.4 Å².